The zero-order valence-electron chi connectivity index (χ0n) is 11.1. The second-order valence-corrected chi connectivity index (χ2v) is 4.08. The van der Waals surface area contributed by atoms with E-state index in [2.05, 4.69) is 0 Å². The third-order valence-corrected chi connectivity index (χ3v) is 2.73. The van der Waals surface area contributed by atoms with Crippen LogP contribution >= 0.6 is 0 Å². The summed E-state index contributed by atoms with van der Waals surface area (Å²) >= 11 is 0. The number of ether oxygens (including phenoxy) is 2. The second-order valence-electron chi connectivity index (χ2n) is 4.08. The normalized spacial score (nSPS) is 9.95. The van der Waals surface area contributed by atoms with Crippen molar-refractivity contribution in [2.75, 3.05) is 7.11 Å². The van der Waals surface area contributed by atoms with Crippen LogP contribution in [0, 0.1) is 10.1 Å². The van der Waals surface area contributed by atoms with E-state index in [1.165, 1.54) is 19.2 Å². The Bertz CT molecular complexity index is 682. The van der Waals surface area contributed by atoms with E-state index in [0.717, 1.165) is 6.07 Å². The maximum absolute atomic E-state index is 11.1. The number of carbonyl (C=O) groups excluding carboxylic acids is 1. The van der Waals surface area contributed by atoms with Gasteiger partial charge in [-0.3, -0.25) is 14.9 Å². The number of nitrogens with zero attached hydrogens (tertiary/aromatic N) is 1. The summed E-state index contributed by atoms with van der Waals surface area (Å²) < 4.78 is 10.5. The molecule has 0 aromatic heterocycles. The van der Waals surface area contributed by atoms with Gasteiger partial charge in [0.05, 0.1) is 12.0 Å². The smallest absolute Gasteiger partial charge is 0.312 e. The van der Waals surface area contributed by atoms with Crippen LogP contribution in [0.1, 0.15) is 10.4 Å². The van der Waals surface area contributed by atoms with Crippen molar-refractivity contribution in [3.05, 3.63) is 58.1 Å². The molecule has 0 aliphatic heterocycles. The molecule has 0 aliphatic rings. The summed E-state index contributed by atoms with van der Waals surface area (Å²) in [4.78, 5) is 21.5. The van der Waals surface area contributed by atoms with Crippen molar-refractivity contribution in [2.24, 2.45) is 5.73 Å². The molecule has 7 nitrogen and oxygen atoms in total. The van der Waals surface area contributed by atoms with Crippen LogP contribution in [0.2, 0.25) is 0 Å². The number of rotatable bonds is 5. The van der Waals surface area contributed by atoms with Crippen molar-refractivity contribution < 1.29 is 19.2 Å². The molecule has 0 bridgehead atoms. The lowest BCUT2D eigenvalue weighted by atomic mass is 10.2. The Labute approximate surface area is 120 Å². The minimum Gasteiger partial charge on any atom is -0.497 e. The minimum absolute atomic E-state index is 0.0233. The molecule has 0 saturated heterocycles. The number of nitrogens with two attached hydrogens (primary N) is 1. The molecule has 21 heavy (non-hydrogen) atoms. The highest BCUT2D eigenvalue weighted by Crippen LogP contribution is 2.32. The van der Waals surface area contributed by atoms with E-state index >= 15 is 0 Å². The van der Waals surface area contributed by atoms with Crippen LogP contribution in [0.15, 0.2) is 42.5 Å². The summed E-state index contributed by atoms with van der Waals surface area (Å²) in [6.07, 6.45) is 0. The molecule has 0 unspecified atom stereocenters. The highest BCUT2D eigenvalue weighted by molar-refractivity contribution is 5.93. The zero-order valence-corrected chi connectivity index (χ0v) is 11.1. The average molecular weight is 288 g/mol. The summed E-state index contributed by atoms with van der Waals surface area (Å²) in [5.41, 5.74) is 4.81. The highest BCUT2D eigenvalue weighted by atomic mass is 16.6. The molecule has 7 heteroatoms. The van der Waals surface area contributed by atoms with E-state index in [0.29, 0.717) is 11.5 Å². The van der Waals surface area contributed by atoms with Gasteiger partial charge in [-0.15, -0.1) is 0 Å². The van der Waals surface area contributed by atoms with Gasteiger partial charge in [-0.05, 0) is 36.4 Å². The van der Waals surface area contributed by atoms with Gasteiger partial charge in [-0.2, -0.15) is 0 Å². The molecule has 0 aliphatic carbocycles. The van der Waals surface area contributed by atoms with Gasteiger partial charge in [0.1, 0.15) is 11.5 Å². The molecule has 2 aromatic rings. The Balaban J connectivity index is 2.34. The number of hydrogen-bond donors (Lipinski definition) is 1. The number of nitro groups is 1. The van der Waals surface area contributed by atoms with Crippen molar-refractivity contribution in [1.29, 1.82) is 0 Å². The summed E-state index contributed by atoms with van der Waals surface area (Å²) in [6.45, 7) is 0. The number of benzene rings is 2. The second kappa shape index (κ2) is 5.91. The lowest BCUT2D eigenvalue weighted by Crippen LogP contribution is -2.11. The van der Waals surface area contributed by atoms with Gasteiger partial charge in [-0.25, -0.2) is 0 Å². The van der Waals surface area contributed by atoms with E-state index in [1.54, 1.807) is 24.3 Å². The van der Waals surface area contributed by atoms with Crippen molar-refractivity contribution in [3.8, 4) is 17.2 Å². The van der Waals surface area contributed by atoms with Crippen LogP contribution in [-0.4, -0.2) is 17.9 Å². The average Bonchev–Trinajstić information content (AvgIpc) is 2.48. The molecule has 2 rings (SSSR count). The van der Waals surface area contributed by atoms with Crippen molar-refractivity contribution in [2.45, 2.75) is 0 Å². The molecule has 0 saturated carbocycles. The highest BCUT2D eigenvalue weighted by Gasteiger charge is 2.18. The maximum atomic E-state index is 11.1. The molecule has 0 atom stereocenters. The van der Waals surface area contributed by atoms with Crippen LogP contribution in [0.4, 0.5) is 5.69 Å². The summed E-state index contributed by atoms with van der Waals surface area (Å²) in [5.74, 6) is 0.330. The fourth-order valence-electron chi connectivity index (χ4n) is 1.67. The van der Waals surface area contributed by atoms with E-state index in [4.69, 9.17) is 15.2 Å². The van der Waals surface area contributed by atoms with Crippen LogP contribution < -0.4 is 15.2 Å². The van der Waals surface area contributed by atoms with E-state index in [9.17, 15) is 14.9 Å². The molecule has 0 spiro atoms. The van der Waals surface area contributed by atoms with Gasteiger partial charge in [0.25, 0.3) is 0 Å². The van der Waals surface area contributed by atoms with Gasteiger partial charge in [0.15, 0.2) is 0 Å². The summed E-state index contributed by atoms with van der Waals surface area (Å²) in [7, 11) is 1.53. The molecular formula is C14H12N2O5. The lowest BCUT2D eigenvalue weighted by Gasteiger charge is -2.07. The van der Waals surface area contributed by atoms with Crippen LogP contribution in [0.5, 0.6) is 17.2 Å². The number of methoxy groups -OCH3 is 1. The zero-order chi connectivity index (χ0) is 15.4. The Morgan fingerprint density at radius 3 is 2.29 bits per heavy atom. The molecule has 0 radical (unpaired) electrons. The van der Waals surface area contributed by atoms with Gasteiger partial charge in [-0.1, -0.05) is 0 Å². The first-order chi connectivity index (χ1) is 10.0. The third-order valence-electron chi connectivity index (χ3n) is 2.73. The molecule has 0 fully saturated rings. The fraction of sp³-hybridized carbons (Fsp3) is 0.0714. The first-order valence-corrected chi connectivity index (χ1v) is 5.91. The topological polar surface area (TPSA) is 105 Å². The number of nitro benzene ring substituents is 1. The first kappa shape index (κ1) is 14.3. The quantitative estimate of drug-likeness (QED) is 0.672. The van der Waals surface area contributed by atoms with Crippen molar-refractivity contribution in [3.63, 3.8) is 0 Å². The minimum atomic E-state index is -0.742. The van der Waals surface area contributed by atoms with Crippen molar-refractivity contribution >= 4 is 11.6 Å². The van der Waals surface area contributed by atoms with Crippen LogP contribution in [0.3, 0.4) is 0 Å². The predicted octanol–water partition coefficient (Wildman–Crippen LogP) is 2.49. The van der Waals surface area contributed by atoms with E-state index in [-0.39, 0.29) is 17.0 Å². The monoisotopic (exact) mass is 288 g/mol. The predicted molar refractivity (Wildman–Crippen MR) is 74.7 cm³/mol. The Kier molecular flexibility index (Phi) is 4.03. The van der Waals surface area contributed by atoms with Gasteiger partial charge >= 0.3 is 5.69 Å². The summed E-state index contributed by atoms with van der Waals surface area (Å²) in [5, 5.41) is 11.0. The van der Waals surface area contributed by atoms with E-state index in [1.807, 2.05) is 0 Å². The maximum Gasteiger partial charge on any atom is 0.312 e. The Morgan fingerprint density at radius 2 is 1.76 bits per heavy atom. The lowest BCUT2D eigenvalue weighted by molar-refractivity contribution is -0.385. The van der Waals surface area contributed by atoms with Gasteiger partial charge in [0, 0.05) is 11.6 Å². The van der Waals surface area contributed by atoms with Crippen molar-refractivity contribution in [1.82, 2.24) is 0 Å². The number of carbonyl (C=O) groups is 1. The molecule has 1 amide bonds. The summed E-state index contributed by atoms with van der Waals surface area (Å²) in [6, 6.07) is 10.4. The molecule has 0 heterocycles. The standard InChI is InChI=1S/C14H12N2O5/c1-20-10-3-5-11(6-4-10)21-13-7-2-9(14(15)17)8-12(13)16(18)19/h2-8H,1H3,(H2,15,17). The van der Waals surface area contributed by atoms with Gasteiger partial charge in [0.2, 0.25) is 11.7 Å². The number of primary amides is 1. The fourth-order valence-corrected chi connectivity index (χ4v) is 1.67. The molecule has 2 N–H and O–H groups in total. The SMILES string of the molecule is COc1ccc(Oc2ccc(C(N)=O)cc2[N+](=O)[O-])cc1. The first-order valence-electron chi connectivity index (χ1n) is 5.91. The number of amides is 1. The molecule has 2 aromatic carbocycles. The molecule has 108 valence electrons. The van der Waals surface area contributed by atoms with Crippen LogP contribution in [-0.2, 0) is 0 Å². The van der Waals surface area contributed by atoms with Crippen LogP contribution in [0.25, 0.3) is 0 Å². The number of hydrogen-bond acceptors (Lipinski definition) is 5. The largest absolute Gasteiger partial charge is 0.497 e. The third kappa shape index (κ3) is 3.27. The Hall–Kier alpha value is -3.09. The van der Waals surface area contributed by atoms with E-state index < -0.39 is 10.8 Å². The Morgan fingerprint density at radius 1 is 1.14 bits per heavy atom. The molecular weight excluding hydrogens is 276 g/mol. The van der Waals surface area contributed by atoms with Gasteiger partial charge < -0.3 is 15.2 Å².